The zero-order chi connectivity index (χ0) is 26.9. The fraction of sp³-hybridized carbons (Fsp3) is 0.261. The van der Waals surface area contributed by atoms with Crippen LogP contribution in [0.5, 0.6) is 17.4 Å². The van der Waals surface area contributed by atoms with E-state index in [0.717, 1.165) is 27.4 Å². The highest BCUT2D eigenvalue weighted by Gasteiger charge is 2.27. The molecule has 0 spiro atoms. The van der Waals surface area contributed by atoms with Crippen molar-refractivity contribution in [1.29, 1.82) is 0 Å². The van der Waals surface area contributed by atoms with Crippen LogP contribution < -0.4 is 15.2 Å². The average molecular weight is 545 g/mol. The number of aromatic nitrogens is 4. The third-order valence-corrected chi connectivity index (χ3v) is 5.62. The Kier molecular flexibility index (Phi) is 7.64. The molecule has 4 rings (SSSR count). The predicted octanol–water partition coefficient (Wildman–Crippen LogP) is 4.80. The fourth-order valence-electron chi connectivity index (χ4n) is 3.58. The lowest BCUT2D eigenvalue weighted by molar-refractivity contribution is -0.000435. The van der Waals surface area contributed by atoms with Crippen LogP contribution in [0.1, 0.15) is 12.7 Å². The van der Waals surface area contributed by atoms with E-state index in [1.807, 2.05) is 0 Å². The Labute approximate surface area is 210 Å². The van der Waals surface area contributed by atoms with Crippen molar-refractivity contribution in [3.05, 3.63) is 69.5 Å². The number of para-hydroxylation sites is 1. The molecular weight excluding hydrogens is 527 g/mol. The Hall–Kier alpha value is -3.71. The number of fused-ring (bicyclic) bond motifs is 1. The van der Waals surface area contributed by atoms with E-state index in [1.54, 1.807) is 6.92 Å². The molecule has 2 heterocycles. The minimum absolute atomic E-state index is 0.0160. The van der Waals surface area contributed by atoms with Gasteiger partial charge in [-0.1, -0.05) is 17.7 Å². The van der Waals surface area contributed by atoms with Crippen molar-refractivity contribution in [2.45, 2.75) is 32.6 Å². The second-order valence-electron chi connectivity index (χ2n) is 7.59. The first kappa shape index (κ1) is 26.4. The molecule has 0 saturated carbocycles. The maximum absolute atomic E-state index is 15.0. The van der Waals surface area contributed by atoms with Gasteiger partial charge in [0.2, 0.25) is 5.88 Å². The van der Waals surface area contributed by atoms with Crippen molar-refractivity contribution in [2.75, 3.05) is 6.67 Å². The molecule has 2 aromatic heterocycles. The molecule has 0 aliphatic rings. The van der Waals surface area contributed by atoms with E-state index in [2.05, 4.69) is 10.1 Å². The molecule has 4 aromatic rings. The van der Waals surface area contributed by atoms with Crippen molar-refractivity contribution in [2.24, 2.45) is 0 Å². The van der Waals surface area contributed by atoms with Gasteiger partial charge in [0.1, 0.15) is 24.8 Å². The second kappa shape index (κ2) is 10.7. The van der Waals surface area contributed by atoms with Crippen LogP contribution in [0.4, 0.5) is 22.0 Å². The van der Waals surface area contributed by atoms with Gasteiger partial charge in [0, 0.05) is 18.0 Å². The number of nitrogens with zero attached hydrogens (tertiary/aromatic N) is 4. The number of aliphatic hydroxyl groups is 1. The number of ether oxygens (including phenoxy) is 2. The van der Waals surface area contributed by atoms with E-state index in [1.165, 1.54) is 12.1 Å². The van der Waals surface area contributed by atoms with Crippen LogP contribution in [0.25, 0.3) is 16.5 Å². The van der Waals surface area contributed by atoms with Crippen LogP contribution in [-0.4, -0.2) is 43.6 Å². The molecule has 0 aliphatic heterocycles. The van der Waals surface area contributed by atoms with E-state index in [9.17, 15) is 31.9 Å². The zero-order valence-corrected chi connectivity index (χ0v) is 19.7. The first-order chi connectivity index (χ1) is 17.7. The normalized spacial score (nSPS) is 12.4. The van der Waals surface area contributed by atoms with Crippen LogP contribution in [0, 0.1) is 11.6 Å². The van der Waals surface area contributed by atoms with Gasteiger partial charge in [0.25, 0.3) is 6.43 Å². The van der Waals surface area contributed by atoms with Gasteiger partial charge in [0.05, 0.1) is 22.3 Å². The average Bonchev–Trinajstić information content (AvgIpc) is 3.20. The molecule has 0 saturated heterocycles. The van der Waals surface area contributed by atoms with E-state index >= 15 is 0 Å². The number of pyridine rings is 1. The van der Waals surface area contributed by atoms with E-state index in [4.69, 9.17) is 21.1 Å². The SMILES string of the molecule is CCn1c(CO)nn(-c2cc(OC(CF)C(F)F)c3c(Oc4c(F)cccc4Cl)ncc(F)c3c2)c1=O. The smallest absolute Gasteiger partial charge is 0.350 e. The summed E-state index contributed by atoms with van der Waals surface area (Å²) in [6, 6.07) is 5.81. The van der Waals surface area contributed by atoms with Crippen LogP contribution >= 0.6 is 11.6 Å². The highest BCUT2D eigenvalue weighted by atomic mass is 35.5. The summed E-state index contributed by atoms with van der Waals surface area (Å²) >= 11 is 6.00. The standard InChI is InChI=1S/C23H18ClF5N4O4/c1-2-32-18(10-34)31-33(23(32)35)11-6-12-15(27)9-30-22(37-20-13(24)4-3-5-14(20)26)19(12)16(7-11)36-17(8-25)21(28)29/h3-7,9,17,21,34H,2,8,10H2,1H3. The number of benzene rings is 2. The molecule has 0 aliphatic carbocycles. The highest BCUT2D eigenvalue weighted by molar-refractivity contribution is 6.32. The van der Waals surface area contributed by atoms with Crippen molar-refractivity contribution in [3.63, 3.8) is 0 Å². The number of halogens is 6. The van der Waals surface area contributed by atoms with Crippen molar-refractivity contribution in [1.82, 2.24) is 19.3 Å². The molecule has 196 valence electrons. The Morgan fingerprint density at radius 2 is 1.95 bits per heavy atom. The van der Waals surface area contributed by atoms with Gasteiger partial charge in [-0.15, -0.1) is 5.10 Å². The van der Waals surface area contributed by atoms with E-state index in [-0.39, 0.29) is 33.9 Å². The van der Waals surface area contributed by atoms with Gasteiger partial charge in [-0.25, -0.2) is 31.7 Å². The number of hydrogen-bond acceptors (Lipinski definition) is 6. The lowest BCUT2D eigenvalue weighted by Gasteiger charge is -2.19. The predicted molar refractivity (Wildman–Crippen MR) is 123 cm³/mol. The van der Waals surface area contributed by atoms with Crippen LogP contribution in [0.2, 0.25) is 5.02 Å². The van der Waals surface area contributed by atoms with E-state index in [0.29, 0.717) is 6.20 Å². The summed E-state index contributed by atoms with van der Waals surface area (Å²) in [5, 5.41) is 12.7. The van der Waals surface area contributed by atoms with Crippen LogP contribution in [0.3, 0.4) is 0 Å². The Bertz CT molecular complexity index is 1490. The second-order valence-corrected chi connectivity index (χ2v) is 8.00. The number of alkyl halides is 3. The Morgan fingerprint density at radius 1 is 1.19 bits per heavy atom. The van der Waals surface area contributed by atoms with Crippen LogP contribution in [-0.2, 0) is 13.2 Å². The molecular formula is C23H18ClF5N4O4. The molecule has 0 amide bonds. The van der Waals surface area contributed by atoms with E-state index < -0.39 is 60.5 Å². The molecule has 0 fully saturated rings. The van der Waals surface area contributed by atoms with Gasteiger partial charge in [0.15, 0.2) is 23.5 Å². The summed E-state index contributed by atoms with van der Waals surface area (Å²) in [4.78, 5) is 16.6. The number of rotatable bonds is 9. The third kappa shape index (κ3) is 4.96. The monoisotopic (exact) mass is 544 g/mol. The highest BCUT2D eigenvalue weighted by Crippen LogP contribution is 2.40. The molecule has 0 radical (unpaired) electrons. The molecule has 14 heteroatoms. The van der Waals surface area contributed by atoms with Crippen molar-refractivity contribution in [3.8, 4) is 23.1 Å². The third-order valence-electron chi connectivity index (χ3n) is 5.32. The summed E-state index contributed by atoms with van der Waals surface area (Å²) in [5.74, 6) is -3.42. The Balaban J connectivity index is 2.00. The Morgan fingerprint density at radius 3 is 2.54 bits per heavy atom. The summed E-state index contributed by atoms with van der Waals surface area (Å²) < 4.78 is 82.1. The number of hydrogen-bond donors (Lipinski definition) is 1. The van der Waals surface area contributed by atoms with Gasteiger partial charge >= 0.3 is 5.69 Å². The molecule has 1 unspecified atom stereocenters. The van der Waals surface area contributed by atoms with Gasteiger partial charge in [-0.3, -0.25) is 4.57 Å². The quantitative estimate of drug-likeness (QED) is 0.304. The summed E-state index contributed by atoms with van der Waals surface area (Å²) in [6.07, 6.45) is -4.84. The first-order valence-corrected chi connectivity index (χ1v) is 11.1. The molecule has 2 aromatic carbocycles. The van der Waals surface area contributed by atoms with Gasteiger partial charge < -0.3 is 14.6 Å². The maximum Gasteiger partial charge on any atom is 0.350 e. The van der Waals surface area contributed by atoms with Gasteiger partial charge in [-0.2, -0.15) is 4.68 Å². The first-order valence-electron chi connectivity index (χ1n) is 10.7. The van der Waals surface area contributed by atoms with Crippen molar-refractivity contribution >= 4 is 22.4 Å². The number of aliphatic hydroxyl groups excluding tert-OH is 1. The maximum atomic E-state index is 15.0. The lowest BCUT2D eigenvalue weighted by atomic mass is 10.1. The van der Waals surface area contributed by atoms with Crippen molar-refractivity contribution < 1.29 is 36.5 Å². The van der Waals surface area contributed by atoms with Crippen LogP contribution in [0.15, 0.2) is 41.3 Å². The summed E-state index contributed by atoms with van der Waals surface area (Å²) in [6.45, 7) is -0.442. The molecule has 0 bridgehead atoms. The topological polar surface area (TPSA) is 91.4 Å². The summed E-state index contributed by atoms with van der Waals surface area (Å²) in [7, 11) is 0. The summed E-state index contributed by atoms with van der Waals surface area (Å²) in [5.41, 5.74) is -0.877. The zero-order valence-electron chi connectivity index (χ0n) is 19.0. The molecule has 1 atom stereocenters. The minimum Gasteiger partial charge on any atom is -0.481 e. The molecule has 37 heavy (non-hydrogen) atoms. The molecule has 1 N–H and O–H groups in total. The minimum atomic E-state index is -3.28. The molecule has 8 nitrogen and oxygen atoms in total. The van der Waals surface area contributed by atoms with Gasteiger partial charge in [-0.05, 0) is 25.1 Å². The lowest BCUT2D eigenvalue weighted by Crippen LogP contribution is -2.28. The largest absolute Gasteiger partial charge is 0.481 e. The fourth-order valence-corrected chi connectivity index (χ4v) is 3.78.